The first-order valence-electron chi connectivity index (χ1n) is 6.52. The second-order valence-electron chi connectivity index (χ2n) is 4.22. The molecule has 0 aliphatic heterocycles. The SMILES string of the molecule is CCOP(c1ccccc1)c1cc(Cl)c(OC)c(C=O)c1.[H-].[Li+]. The number of rotatable bonds is 6. The Hall–Kier alpha value is -0.813. The normalized spacial score (nSPS) is 11.4. The van der Waals surface area contributed by atoms with Gasteiger partial charge < -0.3 is 10.7 Å². The van der Waals surface area contributed by atoms with Gasteiger partial charge in [-0.1, -0.05) is 41.9 Å². The van der Waals surface area contributed by atoms with Crippen molar-refractivity contribution in [3.63, 3.8) is 0 Å². The number of carbonyl (C=O) groups excluding carboxylic acids is 1. The summed E-state index contributed by atoms with van der Waals surface area (Å²) in [6.45, 7) is 2.53. The van der Waals surface area contributed by atoms with Gasteiger partial charge in [0, 0.05) is 17.2 Å². The average Bonchev–Trinajstić information content (AvgIpc) is 2.52. The predicted molar refractivity (Wildman–Crippen MR) is 88.8 cm³/mol. The number of benzene rings is 2. The van der Waals surface area contributed by atoms with Crippen molar-refractivity contribution in [1.29, 1.82) is 0 Å². The zero-order chi connectivity index (χ0) is 15.2. The summed E-state index contributed by atoms with van der Waals surface area (Å²) in [4.78, 5) is 11.2. The standard InChI is InChI=1S/C16H16ClO3P.Li.H/c1-3-20-21(13-7-5-4-6-8-13)14-9-12(11-18)16(19-2)15(17)10-14;;/h4-11H,3H2,1-2H3;;/q;+1;-1. The Morgan fingerprint density at radius 3 is 2.45 bits per heavy atom. The van der Waals surface area contributed by atoms with Crippen LogP contribution in [0.3, 0.4) is 0 Å². The van der Waals surface area contributed by atoms with Gasteiger partial charge in [0.2, 0.25) is 0 Å². The van der Waals surface area contributed by atoms with Gasteiger partial charge >= 0.3 is 18.9 Å². The molecule has 3 nitrogen and oxygen atoms in total. The van der Waals surface area contributed by atoms with E-state index in [0.717, 1.165) is 16.9 Å². The smallest absolute Gasteiger partial charge is 1.00 e. The van der Waals surface area contributed by atoms with Crippen molar-refractivity contribution in [2.45, 2.75) is 6.92 Å². The molecule has 0 radical (unpaired) electrons. The fraction of sp³-hybridized carbons (Fsp3) is 0.188. The van der Waals surface area contributed by atoms with Crippen molar-refractivity contribution < 1.29 is 34.3 Å². The molecule has 1 atom stereocenters. The van der Waals surface area contributed by atoms with Crippen LogP contribution in [0.25, 0.3) is 0 Å². The summed E-state index contributed by atoms with van der Waals surface area (Å²) in [6.07, 6.45) is 0.749. The number of methoxy groups -OCH3 is 1. The minimum atomic E-state index is -1.01. The molecule has 1 unspecified atom stereocenters. The molecule has 0 bridgehead atoms. The summed E-state index contributed by atoms with van der Waals surface area (Å²) >= 11 is 6.22. The van der Waals surface area contributed by atoms with E-state index in [0.29, 0.717) is 22.9 Å². The molecule has 0 spiro atoms. The zero-order valence-electron chi connectivity index (χ0n) is 13.9. The van der Waals surface area contributed by atoms with Crippen LogP contribution in [0.1, 0.15) is 18.7 Å². The van der Waals surface area contributed by atoms with Crippen LogP contribution in [0.4, 0.5) is 0 Å². The molecule has 2 aromatic rings. The number of halogens is 1. The fourth-order valence-electron chi connectivity index (χ4n) is 2.01. The molecule has 0 fully saturated rings. The third kappa shape index (κ3) is 4.35. The van der Waals surface area contributed by atoms with Crippen LogP contribution in [0, 0.1) is 0 Å². The van der Waals surface area contributed by atoms with E-state index in [1.54, 1.807) is 6.07 Å². The molecule has 0 saturated heterocycles. The quantitative estimate of drug-likeness (QED) is 0.443. The fourth-order valence-corrected chi connectivity index (χ4v) is 4.19. The van der Waals surface area contributed by atoms with E-state index in [4.69, 9.17) is 20.9 Å². The van der Waals surface area contributed by atoms with Gasteiger partial charge in [-0.15, -0.1) is 0 Å². The molecule has 112 valence electrons. The van der Waals surface area contributed by atoms with Crippen molar-refractivity contribution in [2.75, 3.05) is 13.7 Å². The van der Waals surface area contributed by atoms with Crippen molar-refractivity contribution in [2.24, 2.45) is 0 Å². The molecular weight excluding hydrogens is 314 g/mol. The molecular formula is C16H17ClLiO3P. The van der Waals surface area contributed by atoms with E-state index in [1.807, 2.05) is 43.3 Å². The summed E-state index contributed by atoms with van der Waals surface area (Å²) in [5.41, 5.74) is 0.433. The topological polar surface area (TPSA) is 35.5 Å². The maximum absolute atomic E-state index is 11.2. The van der Waals surface area contributed by atoms with Crippen LogP contribution in [-0.4, -0.2) is 20.0 Å². The monoisotopic (exact) mass is 330 g/mol. The van der Waals surface area contributed by atoms with E-state index < -0.39 is 8.15 Å². The molecule has 0 N–H and O–H groups in total. The summed E-state index contributed by atoms with van der Waals surface area (Å²) < 4.78 is 11.1. The molecule has 2 aromatic carbocycles. The Labute approximate surface area is 150 Å². The first-order valence-corrected chi connectivity index (χ1v) is 8.15. The van der Waals surface area contributed by atoms with Crippen molar-refractivity contribution in [3.8, 4) is 5.75 Å². The molecule has 0 aliphatic carbocycles. The van der Waals surface area contributed by atoms with E-state index in [2.05, 4.69) is 0 Å². The molecule has 0 heterocycles. The third-order valence-corrected chi connectivity index (χ3v) is 5.16. The number of hydrogen-bond donors (Lipinski definition) is 0. The molecule has 6 heteroatoms. The third-order valence-electron chi connectivity index (χ3n) is 2.87. The van der Waals surface area contributed by atoms with Crippen molar-refractivity contribution >= 4 is 36.6 Å². The Balaban J connectivity index is 0.00000242. The molecule has 2 rings (SSSR count). The summed E-state index contributed by atoms with van der Waals surface area (Å²) in [7, 11) is 0.491. The minimum Gasteiger partial charge on any atom is -1.00 e. The first kappa shape index (κ1) is 19.2. The summed E-state index contributed by atoms with van der Waals surface area (Å²) in [5, 5.41) is 2.39. The van der Waals surface area contributed by atoms with Crippen LogP contribution in [0.5, 0.6) is 5.75 Å². The number of carbonyl (C=O) groups is 1. The van der Waals surface area contributed by atoms with E-state index in [1.165, 1.54) is 7.11 Å². The number of ether oxygens (including phenoxy) is 1. The summed E-state index contributed by atoms with van der Waals surface area (Å²) in [5.74, 6) is 0.398. The zero-order valence-corrected chi connectivity index (χ0v) is 14.5. The molecule has 0 aliphatic rings. The van der Waals surface area contributed by atoms with E-state index >= 15 is 0 Å². The Bertz CT molecular complexity index is 628. The summed E-state index contributed by atoms with van der Waals surface area (Å²) in [6, 6.07) is 13.5. The van der Waals surface area contributed by atoms with Gasteiger partial charge in [-0.05, 0) is 19.1 Å². The second-order valence-corrected chi connectivity index (χ2v) is 6.50. The van der Waals surface area contributed by atoms with Crippen LogP contribution in [0.2, 0.25) is 5.02 Å². The van der Waals surface area contributed by atoms with Crippen molar-refractivity contribution in [1.82, 2.24) is 0 Å². The molecule has 0 amide bonds. The molecule has 22 heavy (non-hydrogen) atoms. The maximum atomic E-state index is 11.2. The van der Waals surface area contributed by atoms with Gasteiger partial charge in [0.1, 0.15) is 5.75 Å². The molecule has 0 saturated carbocycles. The predicted octanol–water partition coefficient (Wildman–Crippen LogP) is 0.662. The second kappa shape index (κ2) is 9.35. The molecule has 0 aromatic heterocycles. The van der Waals surface area contributed by atoms with Gasteiger partial charge in [0.05, 0.1) is 25.8 Å². The van der Waals surface area contributed by atoms with Crippen LogP contribution in [-0.2, 0) is 4.52 Å². The number of hydrogen-bond acceptors (Lipinski definition) is 3. The average molecular weight is 331 g/mol. The van der Waals surface area contributed by atoms with Crippen LogP contribution < -0.4 is 34.2 Å². The van der Waals surface area contributed by atoms with Gasteiger partial charge in [0.15, 0.2) is 6.29 Å². The van der Waals surface area contributed by atoms with Gasteiger partial charge in [-0.25, -0.2) is 0 Å². The van der Waals surface area contributed by atoms with Gasteiger partial charge in [-0.3, -0.25) is 4.79 Å². The van der Waals surface area contributed by atoms with Crippen LogP contribution >= 0.6 is 19.7 Å². The Morgan fingerprint density at radius 2 is 1.91 bits per heavy atom. The first-order chi connectivity index (χ1) is 10.2. The number of aldehydes is 1. The van der Waals surface area contributed by atoms with Crippen molar-refractivity contribution in [3.05, 3.63) is 53.1 Å². The minimum absolute atomic E-state index is 0. The van der Waals surface area contributed by atoms with E-state index in [9.17, 15) is 4.79 Å². The Kier molecular flexibility index (Phi) is 8.18. The largest absolute Gasteiger partial charge is 1.00 e. The Morgan fingerprint density at radius 1 is 1.23 bits per heavy atom. The maximum Gasteiger partial charge on any atom is 1.00 e. The van der Waals surface area contributed by atoms with Gasteiger partial charge in [-0.2, -0.15) is 0 Å². The van der Waals surface area contributed by atoms with Crippen LogP contribution in [0.15, 0.2) is 42.5 Å². The van der Waals surface area contributed by atoms with Gasteiger partial charge in [0.25, 0.3) is 0 Å². The van der Waals surface area contributed by atoms with E-state index in [-0.39, 0.29) is 20.3 Å².